The Morgan fingerprint density at radius 2 is 2.22 bits per heavy atom. The molecule has 0 spiro atoms. The SMILES string of the molecule is CCN(CC)c1nc(-c2cc(C(=O)O)co2)cs1. The highest BCUT2D eigenvalue weighted by Gasteiger charge is 2.14. The Kier molecular flexibility index (Phi) is 3.66. The summed E-state index contributed by atoms with van der Waals surface area (Å²) in [6, 6.07) is 1.49. The molecule has 0 bridgehead atoms. The molecular weight excluding hydrogens is 252 g/mol. The second-order valence-electron chi connectivity index (χ2n) is 3.69. The number of aromatic nitrogens is 1. The van der Waals surface area contributed by atoms with Crippen molar-refractivity contribution in [3.8, 4) is 11.5 Å². The third kappa shape index (κ3) is 2.38. The summed E-state index contributed by atoms with van der Waals surface area (Å²) in [6.45, 7) is 5.92. The van der Waals surface area contributed by atoms with Gasteiger partial charge in [-0.25, -0.2) is 9.78 Å². The summed E-state index contributed by atoms with van der Waals surface area (Å²) >= 11 is 1.53. The first-order valence-electron chi connectivity index (χ1n) is 5.68. The van der Waals surface area contributed by atoms with Crippen molar-refractivity contribution in [1.29, 1.82) is 0 Å². The normalized spacial score (nSPS) is 10.6. The van der Waals surface area contributed by atoms with Crippen molar-refractivity contribution in [2.75, 3.05) is 18.0 Å². The van der Waals surface area contributed by atoms with Crippen LogP contribution in [-0.2, 0) is 0 Å². The fourth-order valence-electron chi connectivity index (χ4n) is 1.60. The predicted octanol–water partition coefficient (Wildman–Crippen LogP) is 2.95. The number of hydrogen-bond donors (Lipinski definition) is 1. The Morgan fingerprint density at radius 3 is 2.78 bits per heavy atom. The van der Waals surface area contributed by atoms with E-state index in [-0.39, 0.29) is 5.56 Å². The first kappa shape index (κ1) is 12.6. The Hall–Kier alpha value is -1.82. The summed E-state index contributed by atoms with van der Waals surface area (Å²) in [5.74, 6) is -0.508. The summed E-state index contributed by atoms with van der Waals surface area (Å²) in [7, 11) is 0. The van der Waals surface area contributed by atoms with Crippen LogP contribution in [0.5, 0.6) is 0 Å². The number of carboxylic acids is 1. The van der Waals surface area contributed by atoms with Crippen LogP contribution in [0.4, 0.5) is 5.13 Å². The van der Waals surface area contributed by atoms with Crippen molar-refractivity contribution in [2.45, 2.75) is 13.8 Å². The summed E-state index contributed by atoms with van der Waals surface area (Å²) in [5.41, 5.74) is 0.816. The smallest absolute Gasteiger partial charge is 0.338 e. The molecule has 2 rings (SSSR count). The molecule has 0 saturated heterocycles. The molecule has 2 heterocycles. The zero-order chi connectivity index (χ0) is 13.1. The van der Waals surface area contributed by atoms with Crippen LogP contribution >= 0.6 is 11.3 Å². The third-order valence-electron chi connectivity index (χ3n) is 2.62. The average molecular weight is 266 g/mol. The zero-order valence-corrected chi connectivity index (χ0v) is 11.0. The van der Waals surface area contributed by atoms with E-state index in [2.05, 4.69) is 23.7 Å². The second-order valence-corrected chi connectivity index (χ2v) is 4.53. The summed E-state index contributed by atoms with van der Waals surface area (Å²) in [6.07, 6.45) is 1.23. The highest BCUT2D eigenvalue weighted by atomic mass is 32.1. The summed E-state index contributed by atoms with van der Waals surface area (Å²) in [4.78, 5) is 17.4. The van der Waals surface area contributed by atoms with Crippen LogP contribution in [0.3, 0.4) is 0 Å². The monoisotopic (exact) mass is 266 g/mol. The Balaban J connectivity index is 2.26. The van der Waals surface area contributed by atoms with E-state index < -0.39 is 5.97 Å². The maximum atomic E-state index is 10.8. The number of carboxylic acid groups (broad SMARTS) is 1. The molecule has 0 aromatic carbocycles. The van der Waals surface area contributed by atoms with Gasteiger partial charge in [0.2, 0.25) is 0 Å². The molecule has 18 heavy (non-hydrogen) atoms. The van der Waals surface area contributed by atoms with Gasteiger partial charge in [0.05, 0.1) is 5.56 Å². The molecule has 2 aromatic rings. The van der Waals surface area contributed by atoms with Gasteiger partial charge in [-0.3, -0.25) is 0 Å². The molecule has 0 saturated carbocycles. The number of furan rings is 1. The van der Waals surface area contributed by atoms with Crippen molar-refractivity contribution in [3.63, 3.8) is 0 Å². The van der Waals surface area contributed by atoms with E-state index in [0.29, 0.717) is 11.5 Å². The molecular formula is C12H14N2O3S. The second kappa shape index (κ2) is 5.22. The molecule has 0 aliphatic carbocycles. The Bertz CT molecular complexity index is 543. The fourth-order valence-corrected chi connectivity index (χ4v) is 2.54. The van der Waals surface area contributed by atoms with E-state index in [1.54, 1.807) is 0 Å². The van der Waals surface area contributed by atoms with Crippen LogP contribution in [-0.4, -0.2) is 29.1 Å². The number of carbonyl (C=O) groups is 1. The first-order chi connectivity index (χ1) is 8.65. The number of aromatic carboxylic acids is 1. The van der Waals surface area contributed by atoms with Crippen molar-refractivity contribution in [2.24, 2.45) is 0 Å². The predicted molar refractivity (Wildman–Crippen MR) is 70.3 cm³/mol. The highest BCUT2D eigenvalue weighted by molar-refractivity contribution is 7.14. The Labute approximate surface area is 109 Å². The van der Waals surface area contributed by atoms with Gasteiger partial charge >= 0.3 is 5.97 Å². The average Bonchev–Trinajstić information content (AvgIpc) is 2.98. The number of hydrogen-bond acceptors (Lipinski definition) is 5. The van der Waals surface area contributed by atoms with Gasteiger partial charge in [-0.05, 0) is 13.8 Å². The molecule has 2 aromatic heterocycles. The number of thiazole rings is 1. The molecule has 0 radical (unpaired) electrons. The van der Waals surface area contributed by atoms with Crippen LogP contribution < -0.4 is 4.90 Å². The third-order valence-corrected chi connectivity index (χ3v) is 3.53. The topological polar surface area (TPSA) is 66.6 Å². The van der Waals surface area contributed by atoms with E-state index in [0.717, 1.165) is 18.2 Å². The van der Waals surface area contributed by atoms with Crippen LogP contribution in [0.1, 0.15) is 24.2 Å². The maximum Gasteiger partial charge on any atom is 0.338 e. The lowest BCUT2D eigenvalue weighted by molar-refractivity contribution is 0.0696. The van der Waals surface area contributed by atoms with Crippen molar-refractivity contribution in [3.05, 3.63) is 23.3 Å². The molecule has 1 N–H and O–H groups in total. The van der Waals surface area contributed by atoms with Crippen LogP contribution in [0.25, 0.3) is 11.5 Å². The van der Waals surface area contributed by atoms with Crippen LogP contribution in [0.15, 0.2) is 22.1 Å². The lowest BCUT2D eigenvalue weighted by Gasteiger charge is -2.16. The Morgan fingerprint density at radius 1 is 1.50 bits per heavy atom. The molecule has 0 unspecified atom stereocenters. The van der Waals surface area contributed by atoms with Crippen LogP contribution in [0.2, 0.25) is 0 Å². The van der Waals surface area contributed by atoms with Gasteiger partial charge in [0.25, 0.3) is 0 Å². The largest absolute Gasteiger partial charge is 0.478 e. The molecule has 0 aliphatic rings. The van der Waals surface area contributed by atoms with Crippen molar-refractivity contribution in [1.82, 2.24) is 4.98 Å². The molecule has 0 aliphatic heterocycles. The van der Waals surface area contributed by atoms with Gasteiger partial charge in [-0.1, -0.05) is 0 Å². The quantitative estimate of drug-likeness (QED) is 0.901. The highest BCUT2D eigenvalue weighted by Crippen LogP contribution is 2.28. The fraction of sp³-hybridized carbons (Fsp3) is 0.333. The lowest BCUT2D eigenvalue weighted by atomic mass is 10.3. The maximum absolute atomic E-state index is 10.8. The van der Waals surface area contributed by atoms with Gasteiger partial charge in [0.1, 0.15) is 12.0 Å². The molecule has 0 atom stereocenters. The minimum atomic E-state index is -0.996. The minimum absolute atomic E-state index is 0.141. The zero-order valence-electron chi connectivity index (χ0n) is 10.2. The van der Waals surface area contributed by atoms with Gasteiger partial charge in [0.15, 0.2) is 10.9 Å². The number of rotatable bonds is 5. The van der Waals surface area contributed by atoms with Gasteiger partial charge in [-0.15, -0.1) is 11.3 Å². The number of anilines is 1. The van der Waals surface area contributed by atoms with Gasteiger partial charge < -0.3 is 14.4 Å². The van der Waals surface area contributed by atoms with Gasteiger partial charge in [0, 0.05) is 24.5 Å². The molecule has 96 valence electrons. The molecule has 0 fully saturated rings. The lowest BCUT2D eigenvalue weighted by Crippen LogP contribution is -2.21. The minimum Gasteiger partial charge on any atom is -0.478 e. The standard InChI is InChI=1S/C12H14N2O3S/c1-3-14(4-2)12-13-9(7-18-12)10-5-8(6-17-10)11(15)16/h5-7H,3-4H2,1-2H3,(H,15,16). The summed E-state index contributed by atoms with van der Waals surface area (Å²) in [5, 5.41) is 11.6. The number of nitrogens with zero attached hydrogens (tertiary/aromatic N) is 2. The van der Waals surface area contributed by atoms with Crippen LogP contribution in [0, 0.1) is 0 Å². The van der Waals surface area contributed by atoms with Crippen molar-refractivity contribution < 1.29 is 14.3 Å². The van der Waals surface area contributed by atoms with E-state index >= 15 is 0 Å². The van der Waals surface area contributed by atoms with E-state index in [1.165, 1.54) is 23.7 Å². The van der Waals surface area contributed by atoms with Gasteiger partial charge in [-0.2, -0.15) is 0 Å². The molecule has 6 heteroatoms. The van der Waals surface area contributed by atoms with E-state index in [1.807, 2.05) is 5.38 Å². The summed E-state index contributed by atoms with van der Waals surface area (Å²) < 4.78 is 5.22. The molecule has 5 nitrogen and oxygen atoms in total. The van der Waals surface area contributed by atoms with Crippen molar-refractivity contribution >= 4 is 22.4 Å². The molecule has 0 amide bonds. The van der Waals surface area contributed by atoms with E-state index in [4.69, 9.17) is 9.52 Å². The van der Waals surface area contributed by atoms with E-state index in [9.17, 15) is 4.79 Å². The first-order valence-corrected chi connectivity index (χ1v) is 6.56.